The first kappa shape index (κ1) is 26.4. The van der Waals surface area contributed by atoms with Gasteiger partial charge in [-0.3, -0.25) is 9.69 Å². The second kappa shape index (κ2) is 11.7. The summed E-state index contributed by atoms with van der Waals surface area (Å²) in [6.45, 7) is 5.13. The largest absolute Gasteiger partial charge is 0.497 e. The molecule has 0 aliphatic carbocycles. The van der Waals surface area contributed by atoms with Gasteiger partial charge in [0.2, 0.25) is 5.91 Å². The van der Waals surface area contributed by atoms with Gasteiger partial charge in [0.05, 0.1) is 24.0 Å². The van der Waals surface area contributed by atoms with Crippen molar-refractivity contribution in [2.75, 3.05) is 50.1 Å². The van der Waals surface area contributed by atoms with Crippen molar-refractivity contribution >= 4 is 40.0 Å². The number of methoxy groups -OCH3 is 1. The van der Waals surface area contributed by atoms with E-state index in [1.165, 1.54) is 5.56 Å². The molecule has 208 valence electrons. The van der Waals surface area contributed by atoms with E-state index in [4.69, 9.17) is 21.3 Å². The fourth-order valence-corrected chi connectivity index (χ4v) is 5.68. The number of amides is 1. The number of piperidine rings is 1. The van der Waals surface area contributed by atoms with Gasteiger partial charge in [-0.1, -0.05) is 23.7 Å². The minimum absolute atomic E-state index is 0.107. The van der Waals surface area contributed by atoms with E-state index in [9.17, 15) is 4.79 Å². The highest BCUT2D eigenvalue weighted by atomic mass is 35.5. The number of hydrogen-bond acceptors (Lipinski definition) is 7. The van der Waals surface area contributed by atoms with Crippen molar-refractivity contribution in [1.29, 1.82) is 0 Å². The maximum atomic E-state index is 11.7. The summed E-state index contributed by atoms with van der Waals surface area (Å²) in [4.78, 5) is 29.2. The standard InChI is InChI=1S/C30H34ClN7O2/c1-40-24-8-2-20(3-9-24)19-37-14-10-22(11-15-37)34-27-25(31)18-33-30-28(27)35-29(36-30)21-4-6-23(7-5-21)38-16-12-26(39)32-13-17-38/h2-9,18,22H,10-17,19H2,1H3,(H,32,39)(H2,33,34,35,36). The van der Waals surface area contributed by atoms with Gasteiger partial charge in [0.25, 0.3) is 0 Å². The zero-order chi connectivity index (χ0) is 27.5. The molecule has 1 amide bonds. The highest BCUT2D eigenvalue weighted by Crippen LogP contribution is 2.33. The number of H-pyrrole nitrogens is 1. The number of benzene rings is 2. The topological polar surface area (TPSA) is 98.4 Å². The molecule has 3 N–H and O–H groups in total. The molecule has 4 aromatic rings. The number of hydrogen-bond donors (Lipinski definition) is 3. The zero-order valence-corrected chi connectivity index (χ0v) is 23.4. The molecule has 2 aliphatic heterocycles. The molecule has 0 atom stereocenters. The quantitative estimate of drug-likeness (QED) is 0.302. The summed E-state index contributed by atoms with van der Waals surface area (Å²) >= 11 is 6.63. The number of fused-ring (bicyclic) bond motifs is 1. The molecule has 0 radical (unpaired) electrons. The molecule has 2 aromatic carbocycles. The predicted octanol–water partition coefficient (Wildman–Crippen LogP) is 4.69. The molecule has 10 heteroatoms. The van der Waals surface area contributed by atoms with E-state index in [-0.39, 0.29) is 5.91 Å². The predicted molar refractivity (Wildman–Crippen MR) is 159 cm³/mol. The highest BCUT2D eigenvalue weighted by molar-refractivity contribution is 6.34. The van der Waals surface area contributed by atoms with Crippen LogP contribution in [-0.2, 0) is 11.3 Å². The van der Waals surface area contributed by atoms with Gasteiger partial charge >= 0.3 is 0 Å². The molecule has 40 heavy (non-hydrogen) atoms. The smallest absolute Gasteiger partial charge is 0.221 e. The first-order chi connectivity index (χ1) is 19.6. The lowest BCUT2D eigenvalue weighted by atomic mass is 10.0. The number of carbonyl (C=O) groups excluding carboxylic acids is 1. The third-order valence-electron chi connectivity index (χ3n) is 7.79. The Bertz CT molecular complexity index is 1460. The van der Waals surface area contributed by atoms with Crippen LogP contribution in [-0.4, -0.2) is 71.6 Å². The summed E-state index contributed by atoms with van der Waals surface area (Å²) < 4.78 is 5.27. The third-order valence-corrected chi connectivity index (χ3v) is 8.07. The SMILES string of the molecule is COc1ccc(CN2CCC(Nc3c(Cl)cnc4[nH]c(-c5ccc(N6CCNC(=O)CC6)cc5)nc34)CC2)cc1. The Morgan fingerprint density at radius 3 is 2.58 bits per heavy atom. The number of likely N-dealkylation sites (tertiary alicyclic amines) is 1. The molecule has 2 aliphatic rings. The highest BCUT2D eigenvalue weighted by Gasteiger charge is 2.22. The molecular weight excluding hydrogens is 526 g/mol. The lowest BCUT2D eigenvalue weighted by Gasteiger charge is -2.33. The van der Waals surface area contributed by atoms with Gasteiger partial charge in [0.15, 0.2) is 5.65 Å². The molecule has 6 rings (SSSR count). The number of nitrogens with one attached hydrogen (secondary N) is 3. The van der Waals surface area contributed by atoms with Gasteiger partial charge in [0.1, 0.15) is 17.1 Å². The van der Waals surface area contributed by atoms with E-state index < -0.39 is 0 Å². The summed E-state index contributed by atoms with van der Waals surface area (Å²) in [6, 6.07) is 16.9. The van der Waals surface area contributed by atoms with Gasteiger partial charge in [-0.2, -0.15) is 0 Å². The van der Waals surface area contributed by atoms with E-state index in [1.54, 1.807) is 13.3 Å². The summed E-state index contributed by atoms with van der Waals surface area (Å²) in [6.07, 6.45) is 4.24. The Morgan fingerprint density at radius 2 is 1.82 bits per heavy atom. The van der Waals surface area contributed by atoms with Crippen LogP contribution in [0.3, 0.4) is 0 Å². The van der Waals surface area contributed by atoms with Gasteiger partial charge in [0, 0.05) is 63.0 Å². The van der Waals surface area contributed by atoms with E-state index >= 15 is 0 Å². The lowest BCUT2D eigenvalue weighted by Crippen LogP contribution is -2.38. The lowest BCUT2D eigenvalue weighted by molar-refractivity contribution is -0.120. The fourth-order valence-electron chi connectivity index (χ4n) is 5.49. The molecule has 4 heterocycles. The van der Waals surface area contributed by atoms with Crippen LogP contribution in [0.25, 0.3) is 22.6 Å². The minimum atomic E-state index is 0.107. The summed E-state index contributed by atoms with van der Waals surface area (Å²) in [5.41, 5.74) is 5.66. The van der Waals surface area contributed by atoms with Crippen molar-refractivity contribution in [2.24, 2.45) is 0 Å². The summed E-state index contributed by atoms with van der Waals surface area (Å²) in [7, 11) is 1.69. The van der Waals surface area contributed by atoms with Crippen molar-refractivity contribution < 1.29 is 9.53 Å². The average Bonchev–Trinajstić information content (AvgIpc) is 3.30. The number of imidazole rings is 1. The van der Waals surface area contributed by atoms with Crippen LogP contribution < -0.4 is 20.3 Å². The number of pyridine rings is 1. The number of ether oxygens (including phenoxy) is 1. The van der Waals surface area contributed by atoms with Crippen LogP contribution in [0.2, 0.25) is 5.02 Å². The van der Waals surface area contributed by atoms with Crippen LogP contribution in [0, 0.1) is 0 Å². The Morgan fingerprint density at radius 1 is 1.05 bits per heavy atom. The monoisotopic (exact) mass is 559 g/mol. The van der Waals surface area contributed by atoms with Crippen molar-refractivity contribution in [3.63, 3.8) is 0 Å². The van der Waals surface area contributed by atoms with E-state index in [0.717, 1.165) is 73.0 Å². The minimum Gasteiger partial charge on any atom is -0.497 e. The van der Waals surface area contributed by atoms with Crippen LogP contribution in [0.5, 0.6) is 5.75 Å². The zero-order valence-electron chi connectivity index (χ0n) is 22.6. The van der Waals surface area contributed by atoms with Gasteiger partial charge < -0.3 is 25.3 Å². The Balaban J connectivity index is 1.12. The molecule has 0 spiro atoms. The van der Waals surface area contributed by atoms with Crippen molar-refractivity contribution in [3.05, 3.63) is 65.3 Å². The van der Waals surface area contributed by atoms with Crippen LogP contribution >= 0.6 is 11.6 Å². The van der Waals surface area contributed by atoms with Crippen molar-refractivity contribution in [1.82, 2.24) is 25.2 Å². The molecule has 9 nitrogen and oxygen atoms in total. The molecule has 2 aromatic heterocycles. The van der Waals surface area contributed by atoms with Crippen molar-refractivity contribution in [2.45, 2.75) is 31.8 Å². The number of aromatic amines is 1. The second-order valence-electron chi connectivity index (χ2n) is 10.4. The van der Waals surface area contributed by atoms with Crippen LogP contribution in [0.15, 0.2) is 54.7 Å². The second-order valence-corrected chi connectivity index (χ2v) is 10.8. The first-order valence-corrected chi connectivity index (χ1v) is 14.2. The number of rotatable bonds is 7. The van der Waals surface area contributed by atoms with Crippen LogP contribution in [0.1, 0.15) is 24.8 Å². The van der Waals surface area contributed by atoms with E-state index in [1.807, 2.05) is 12.1 Å². The molecular formula is C30H34ClN7O2. The summed E-state index contributed by atoms with van der Waals surface area (Å²) in [5.74, 6) is 1.74. The maximum Gasteiger partial charge on any atom is 0.221 e. The summed E-state index contributed by atoms with van der Waals surface area (Å²) in [5, 5.41) is 7.18. The Hall–Kier alpha value is -3.82. The fraction of sp³-hybridized carbons (Fsp3) is 0.367. The molecule has 0 unspecified atom stereocenters. The number of nitrogens with zero attached hydrogens (tertiary/aromatic N) is 4. The molecule has 0 bridgehead atoms. The molecule has 2 fully saturated rings. The first-order valence-electron chi connectivity index (χ1n) is 13.8. The average molecular weight is 560 g/mol. The number of anilines is 2. The van der Waals surface area contributed by atoms with Gasteiger partial charge in [-0.05, 0) is 54.8 Å². The Labute approximate surface area is 238 Å². The Kier molecular flexibility index (Phi) is 7.75. The van der Waals surface area contributed by atoms with Crippen LogP contribution in [0.4, 0.5) is 11.4 Å². The maximum absolute atomic E-state index is 11.7. The molecule has 2 saturated heterocycles. The number of halogens is 1. The van der Waals surface area contributed by atoms with E-state index in [2.05, 4.69) is 66.8 Å². The van der Waals surface area contributed by atoms with Gasteiger partial charge in [-0.15, -0.1) is 0 Å². The number of aromatic nitrogens is 3. The molecule has 0 saturated carbocycles. The van der Waals surface area contributed by atoms with E-state index in [0.29, 0.717) is 36.2 Å². The van der Waals surface area contributed by atoms with Gasteiger partial charge in [-0.25, -0.2) is 9.97 Å². The third kappa shape index (κ3) is 5.85. The van der Waals surface area contributed by atoms with Crippen molar-refractivity contribution in [3.8, 4) is 17.1 Å². The normalized spacial score (nSPS) is 17.1. The number of carbonyl (C=O) groups is 1.